The molecular weight excluding hydrogens is 430 g/mol. The van der Waals surface area contributed by atoms with Gasteiger partial charge in [-0.15, -0.1) is 0 Å². The molecule has 4 aromatic rings. The van der Waals surface area contributed by atoms with Gasteiger partial charge < -0.3 is 10.5 Å². The second-order valence-electron chi connectivity index (χ2n) is 7.19. The van der Waals surface area contributed by atoms with Crippen LogP contribution in [0.1, 0.15) is 17.0 Å². The topological polar surface area (TPSA) is 77.2 Å². The lowest BCUT2D eigenvalue weighted by Crippen LogP contribution is -2.17. The molecular formula is C24H18ClN3O2S. The Labute approximate surface area is 188 Å². The summed E-state index contributed by atoms with van der Waals surface area (Å²) < 4.78 is 5.57. The molecule has 1 aromatic heterocycles. The number of nitrogens with one attached hydrogen (secondary N) is 1. The Morgan fingerprint density at radius 2 is 1.71 bits per heavy atom. The SMILES string of the molecule is Nc1sc(NC(=O)OCC2c3ccccc3-c3ccccc32)nc1-c1cccc(Cl)c1. The number of hydrogen-bond acceptors (Lipinski definition) is 5. The number of hydrogen-bond donors (Lipinski definition) is 2. The van der Waals surface area contributed by atoms with Crippen LogP contribution in [0.2, 0.25) is 5.02 Å². The summed E-state index contributed by atoms with van der Waals surface area (Å²) in [5, 5.41) is 4.16. The molecule has 1 aliphatic carbocycles. The highest BCUT2D eigenvalue weighted by molar-refractivity contribution is 7.20. The predicted molar refractivity (Wildman–Crippen MR) is 126 cm³/mol. The van der Waals surface area contributed by atoms with Crippen molar-refractivity contribution in [2.75, 3.05) is 17.7 Å². The summed E-state index contributed by atoms with van der Waals surface area (Å²) in [5.41, 5.74) is 12.2. The number of thiazole rings is 1. The molecule has 0 spiro atoms. The van der Waals surface area contributed by atoms with Gasteiger partial charge in [0.25, 0.3) is 0 Å². The van der Waals surface area contributed by atoms with E-state index >= 15 is 0 Å². The second-order valence-corrected chi connectivity index (χ2v) is 8.66. The Bertz CT molecular complexity index is 1240. The molecule has 1 amide bonds. The molecule has 1 aliphatic rings. The highest BCUT2D eigenvalue weighted by Crippen LogP contribution is 2.44. The number of carbonyl (C=O) groups is 1. The van der Waals surface area contributed by atoms with Crippen molar-refractivity contribution in [3.05, 3.63) is 88.9 Å². The summed E-state index contributed by atoms with van der Waals surface area (Å²) in [5.74, 6) is 0.00142. The van der Waals surface area contributed by atoms with E-state index in [0.717, 1.165) is 5.56 Å². The molecule has 7 heteroatoms. The molecule has 0 atom stereocenters. The summed E-state index contributed by atoms with van der Waals surface area (Å²) >= 11 is 7.25. The summed E-state index contributed by atoms with van der Waals surface area (Å²) in [6, 6.07) is 23.7. The van der Waals surface area contributed by atoms with Gasteiger partial charge in [-0.1, -0.05) is 83.6 Å². The summed E-state index contributed by atoms with van der Waals surface area (Å²) in [6.07, 6.45) is -0.562. The van der Waals surface area contributed by atoms with Crippen LogP contribution >= 0.6 is 22.9 Å². The van der Waals surface area contributed by atoms with Gasteiger partial charge >= 0.3 is 6.09 Å². The van der Waals surface area contributed by atoms with Crippen LogP contribution in [-0.2, 0) is 4.74 Å². The van der Waals surface area contributed by atoms with E-state index in [2.05, 4.69) is 34.6 Å². The van der Waals surface area contributed by atoms with E-state index in [1.54, 1.807) is 12.1 Å². The number of benzene rings is 3. The highest BCUT2D eigenvalue weighted by atomic mass is 35.5. The van der Waals surface area contributed by atoms with Crippen LogP contribution in [0.5, 0.6) is 0 Å². The number of nitrogens with two attached hydrogens (primary N) is 1. The molecule has 1 heterocycles. The van der Waals surface area contributed by atoms with Crippen molar-refractivity contribution in [1.29, 1.82) is 0 Å². The van der Waals surface area contributed by atoms with Crippen LogP contribution in [0.15, 0.2) is 72.8 Å². The fourth-order valence-electron chi connectivity index (χ4n) is 3.95. The Morgan fingerprint density at radius 1 is 1.03 bits per heavy atom. The number of aromatic nitrogens is 1. The first-order valence-electron chi connectivity index (χ1n) is 9.74. The van der Waals surface area contributed by atoms with Crippen LogP contribution in [-0.4, -0.2) is 17.7 Å². The third-order valence-corrected chi connectivity index (χ3v) is 6.34. The highest BCUT2D eigenvalue weighted by Gasteiger charge is 2.29. The number of nitrogen functional groups attached to an aromatic ring is 1. The molecule has 31 heavy (non-hydrogen) atoms. The van der Waals surface area contributed by atoms with E-state index in [1.807, 2.05) is 36.4 Å². The zero-order valence-electron chi connectivity index (χ0n) is 16.3. The zero-order valence-corrected chi connectivity index (χ0v) is 17.9. The maximum Gasteiger partial charge on any atom is 0.413 e. The number of carbonyl (C=O) groups excluding carboxylic acids is 1. The minimum Gasteiger partial charge on any atom is -0.448 e. The number of fused-ring (bicyclic) bond motifs is 3. The fraction of sp³-hybridized carbons (Fsp3) is 0.0833. The van der Waals surface area contributed by atoms with Gasteiger partial charge in [-0.2, -0.15) is 0 Å². The van der Waals surface area contributed by atoms with E-state index in [0.29, 0.717) is 20.8 Å². The standard InChI is InChI=1S/C24H18ClN3O2S/c25-15-7-5-6-14(12-15)21-22(26)31-23(27-21)28-24(29)30-13-20-18-10-3-1-8-16(18)17-9-2-4-11-19(17)20/h1-12,20H,13,26H2,(H,27,28,29). The van der Waals surface area contributed by atoms with Gasteiger partial charge in [0.1, 0.15) is 17.3 Å². The zero-order chi connectivity index (χ0) is 21.4. The first-order valence-corrected chi connectivity index (χ1v) is 10.9. The second kappa shape index (κ2) is 8.06. The minimum atomic E-state index is -0.562. The van der Waals surface area contributed by atoms with Gasteiger partial charge in [-0.25, -0.2) is 9.78 Å². The maximum absolute atomic E-state index is 12.5. The van der Waals surface area contributed by atoms with Crippen molar-refractivity contribution in [3.8, 4) is 22.4 Å². The van der Waals surface area contributed by atoms with Crippen molar-refractivity contribution in [2.24, 2.45) is 0 Å². The van der Waals surface area contributed by atoms with Gasteiger partial charge in [0.05, 0.1) is 0 Å². The lowest BCUT2D eigenvalue weighted by atomic mass is 9.98. The molecule has 0 unspecified atom stereocenters. The van der Waals surface area contributed by atoms with Gasteiger partial charge in [0, 0.05) is 16.5 Å². The van der Waals surface area contributed by atoms with Crippen molar-refractivity contribution in [1.82, 2.24) is 4.98 Å². The molecule has 0 saturated heterocycles. The molecule has 0 aliphatic heterocycles. The van der Waals surface area contributed by atoms with Gasteiger partial charge in [-0.05, 0) is 34.4 Å². The Kier molecular flexibility index (Phi) is 5.10. The van der Waals surface area contributed by atoms with Crippen LogP contribution in [0, 0.1) is 0 Å². The Balaban J connectivity index is 1.30. The van der Waals surface area contributed by atoms with Crippen LogP contribution in [0.25, 0.3) is 22.4 Å². The average Bonchev–Trinajstić information content (AvgIpc) is 3.30. The number of nitrogens with zero attached hydrogens (tertiary/aromatic N) is 1. The number of amides is 1. The molecule has 0 fully saturated rings. The molecule has 5 rings (SSSR count). The van der Waals surface area contributed by atoms with Crippen molar-refractivity contribution >= 4 is 39.2 Å². The molecule has 3 aromatic carbocycles. The third kappa shape index (κ3) is 3.76. The number of anilines is 2. The van der Waals surface area contributed by atoms with E-state index in [1.165, 1.54) is 33.6 Å². The minimum absolute atomic E-state index is 0.00142. The van der Waals surface area contributed by atoms with Crippen LogP contribution in [0.3, 0.4) is 0 Å². The lowest BCUT2D eigenvalue weighted by Gasteiger charge is -2.14. The van der Waals surface area contributed by atoms with E-state index in [-0.39, 0.29) is 12.5 Å². The Hall–Kier alpha value is -3.35. The van der Waals surface area contributed by atoms with E-state index in [9.17, 15) is 4.79 Å². The van der Waals surface area contributed by atoms with Gasteiger partial charge in [0.2, 0.25) is 0 Å². The lowest BCUT2D eigenvalue weighted by molar-refractivity contribution is 0.158. The first kappa shape index (κ1) is 19.6. The van der Waals surface area contributed by atoms with Gasteiger partial charge in [-0.3, -0.25) is 5.32 Å². The molecule has 154 valence electrons. The van der Waals surface area contributed by atoms with E-state index in [4.69, 9.17) is 22.1 Å². The summed E-state index contributed by atoms with van der Waals surface area (Å²) in [7, 11) is 0. The van der Waals surface area contributed by atoms with Gasteiger partial charge in [0.15, 0.2) is 5.13 Å². The summed E-state index contributed by atoms with van der Waals surface area (Å²) in [4.78, 5) is 16.9. The van der Waals surface area contributed by atoms with Crippen LogP contribution in [0.4, 0.5) is 14.9 Å². The summed E-state index contributed by atoms with van der Waals surface area (Å²) in [6.45, 7) is 0.238. The largest absolute Gasteiger partial charge is 0.448 e. The quantitative estimate of drug-likeness (QED) is 0.379. The number of halogens is 1. The molecule has 3 N–H and O–H groups in total. The monoisotopic (exact) mass is 447 g/mol. The van der Waals surface area contributed by atoms with Crippen molar-refractivity contribution in [3.63, 3.8) is 0 Å². The molecule has 0 radical (unpaired) electrons. The van der Waals surface area contributed by atoms with Crippen molar-refractivity contribution in [2.45, 2.75) is 5.92 Å². The molecule has 0 saturated carbocycles. The first-order chi connectivity index (χ1) is 15.1. The fourth-order valence-corrected chi connectivity index (χ4v) is 4.88. The normalized spacial score (nSPS) is 12.3. The average molecular weight is 448 g/mol. The molecule has 0 bridgehead atoms. The van der Waals surface area contributed by atoms with Crippen LogP contribution < -0.4 is 11.1 Å². The van der Waals surface area contributed by atoms with Crippen molar-refractivity contribution < 1.29 is 9.53 Å². The maximum atomic E-state index is 12.5. The number of rotatable bonds is 4. The third-order valence-electron chi connectivity index (χ3n) is 5.30. The number of ether oxygens (including phenoxy) is 1. The predicted octanol–water partition coefficient (Wildman–Crippen LogP) is 6.41. The Morgan fingerprint density at radius 3 is 2.39 bits per heavy atom. The molecule has 5 nitrogen and oxygen atoms in total. The smallest absolute Gasteiger partial charge is 0.413 e. The van der Waals surface area contributed by atoms with E-state index < -0.39 is 6.09 Å².